The molecule has 7 aromatic rings. The Morgan fingerprint density at radius 1 is 0.565 bits per heavy atom. The van der Waals surface area contributed by atoms with Gasteiger partial charge in [-0.3, -0.25) is 4.98 Å². The zero-order valence-corrected chi connectivity index (χ0v) is 29.3. The van der Waals surface area contributed by atoms with Crippen LogP contribution in [-0.2, 0) is 33.2 Å². The molecule has 2 heterocycles. The average molecular weight is 779 g/mol. The third-order valence-electron chi connectivity index (χ3n) is 8.69. The minimum absolute atomic E-state index is 0. The SMILES string of the molecule is CC(C)(C)c1c[c-]c(-c2[c-]c(-c3cccc(-c4cccc5c4[n-]c4ccccc45)n3)cc(-c3ccc(C(C)(C)C)cc3)c2)cc1.[Au+3]. The van der Waals surface area contributed by atoms with Gasteiger partial charge in [-0.05, 0) is 44.4 Å². The Balaban J connectivity index is 0.00000372. The van der Waals surface area contributed by atoms with E-state index < -0.39 is 0 Å². The molecule has 5 aromatic carbocycles. The van der Waals surface area contributed by atoms with E-state index in [-0.39, 0.29) is 33.2 Å². The summed E-state index contributed by atoms with van der Waals surface area (Å²) < 4.78 is 0. The number of aromatic nitrogens is 2. The summed E-state index contributed by atoms with van der Waals surface area (Å²) in [6.45, 7) is 13.4. The summed E-state index contributed by atoms with van der Waals surface area (Å²) in [5.74, 6) is 0. The topological polar surface area (TPSA) is 27.0 Å². The fourth-order valence-electron chi connectivity index (χ4n) is 5.98. The Kier molecular flexibility index (Phi) is 8.42. The van der Waals surface area contributed by atoms with Crippen molar-refractivity contribution in [1.29, 1.82) is 0 Å². The van der Waals surface area contributed by atoms with Crippen LogP contribution >= 0.6 is 0 Å². The van der Waals surface area contributed by atoms with E-state index in [1.807, 2.05) is 6.07 Å². The molecule has 0 spiro atoms. The third-order valence-corrected chi connectivity index (χ3v) is 8.69. The zero-order valence-electron chi connectivity index (χ0n) is 27.2. The number of fused-ring (bicyclic) bond motifs is 3. The van der Waals surface area contributed by atoms with Crippen molar-refractivity contribution in [3.05, 3.63) is 139 Å². The van der Waals surface area contributed by atoms with Crippen LogP contribution in [0.3, 0.4) is 0 Å². The molecule has 0 bridgehead atoms. The minimum atomic E-state index is 0. The van der Waals surface area contributed by atoms with Crippen LogP contribution < -0.4 is 4.98 Å². The van der Waals surface area contributed by atoms with E-state index in [1.165, 1.54) is 22.1 Å². The number of hydrogen-bond donors (Lipinski definition) is 0. The Bertz CT molecular complexity index is 2080. The monoisotopic (exact) mass is 778 g/mol. The molecule has 0 fully saturated rings. The van der Waals surface area contributed by atoms with Crippen molar-refractivity contribution in [2.24, 2.45) is 0 Å². The standard InChI is InChI=1S/C43H37N2.Au/c1-42(2,3)33-21-17-28(18-22-33)30-25-31(29-19-23-34(24-20-29)43(4,5)6)27-32(26-30)38-15-10-16-40(44-38)37-13-9-12-36-35-11-7-8-14-39(35)45-41(36)37;/h7-19,21-26H,1-6H3;/q-3;+3. The molecular formula is C43H37AuN2. The number of rotatable bonds is 4. The average Bonchev–Trinajstić information content (AvgIpc) is 3.43. The van der Waals surface area contributed by atoms with E-state index in [1.54, 1.807) is 0 Å². The normalized spacial score (nSPS) is 12.0. The van der Waals surface area contributed by atoms with Crippen molar-refractivity contribution >= 4 is 21.8 Å². The van der Waals surface area contributed by atoms with Gasteiger partial charge in [-0.15, -0.1) is 34.3 Å². The number of para-hydroxylation sites is 2. The second-order valence-corrected chi connectivity index (χ2v) is 14.0. The number of nitrogens with zero attached hydrogens (tertiary/aromatic N) is 2. The van der Waals surface area contributed by atoms with E-state index in [4.69, 9.17) is 9.97 Å². The van der Waals surface area contributed by atoms with Gasteiger partial charge in [0, 0.05) is 5.69 Å². The molecule has 3 heteroatoms. The predicted octanol–water partition coefficient (Wildman–Crippen LogP) is 11.2. The quantitative estimate of drug-likeness (QED) is 0.131. The molecule has 0 amide bonds. The summed E-state index contributed by atoms with van der Waals surface area (Å²) in [5, 5.41) is 2.32. The molecule has 0 atom stereocenters. The first-order chi connectivity index (χ1) is 21.5. The molecule has 0 aliphatic heterocycles. The van der Waals surface area contributed by atoms with E-state index in [9.17, 15) is 0 Å². The van der Waals surface area contributed by atoms with E-state index >= 15 is 0 Å². The molecule has 0 unspecified atom stereocenters. The maximum absolute atomic E-state index is 5.21. The summed E-state index contributed by atoms with van der Waals surface area (Å²) in [6.07, 6.45) is 0. The third kappa shape index (κ3) is 6.13. The maximum Gasteiger partial charge on any atom is 3.00 e. The molecule has 46 heavy (non-hydrogen) atoms. The van der Waals surface area contributed by atoms with Crippen LogP contribution in [0.5, 0.6) is 0 Å². The smallest absolute Gasteiger partial charge is 0.656 e. The molecule has 230 valence electrons. The van der Waals surface area contributed by atoms with Gasteiger partial charge in [0.05, 0.1) is 5.69 Å². The second-order valence-electron chi connectivity index (χ2n) is 14.0. The summed E-state index contributed by atoms with van der Waals surface area (Å²) in [4.78, 5) is 10.2. The molecular weight excluding hydrogens is 741 g/mol. The van der Waals surface area contributed by atoms with Gasteiger partial charge in [0.25, 0.3) is 0 Å². The Labute approximate surface area is 288 Å². The minimum Gasteiger partial charge on any atom is -0.656 e. The maximum atomic E-state index is 5.21. The van der Waals surface area contributed by atoms with Crippen molar-refractivity contribution in [1.82, 2.24) is 9.97 Å². The molecule has 0 saturated heterocycles. The van der Waals surface area contributed by atoms with Gasteiger partial charge in [0.2, 0.25) is 0 Å². The summed E-state index contributed by atoms with van der Waals surface area (Å²) in [7, 11) is 0. The zero-order chi connectivity index (χ0) is 31.3. The van der Waals surface area contributed by atoms with Crippen LogP contribution in [0.15, 0.2) is 115 Å². The fourth-order valence-corrected chi connectivity index (χ4v) is 5.98. The van der Waals surface area contributed by atoms with Gasteiger partial charge < -0.3 is 4.98 Å². The Hall–Kier alpha value is -4.21. The molecule has 0 aliphatic carbocycles. The molecule has 7 rings (SSSR count). The Morgan fingerprint density at radius 2 is 1.22 bits per heavy atom. The number of pyridine rings is 1. The van der Waals surface area contributed by atoms with E-state index in [0.29, 0.717) is 0 Å². The van der Waals surface area contributed by atoms with Gasteiger partial charge in [-0.2, -0.15) is 35.9 Å². The van der Waals surface area contributed by atoms with Crippen molar-refractivity contribution in [3.63, 3.8) is 0 Å². The van der Waals surface area contributed by atoms with E-state index in [0.717, 1.165) is 55.6 Å². The van der Waals surface area contributed by atoms with E-state index in [2.05, 4.69) is 163 Å². The molecule has 2 aromatic heterocycles. The van der Waals surface area contributed by atoms with Gasteiger partial charge in [0.1, 0.15) is 0 Å². The van der Waals surface area contributed by atoms with Crippen LogP contribution in [0.1, 0.15) is 52.7 Å². The van der Waals surface area contributed by atoms with Gasteiger partial charge >= 0.3 is 22.4 Å². The second kappa shape index (κ2) is 12.2. The van der Waals surface area contributed by atoms with Crippen LogP contribution in [0, 0.1) is 12.1 Å². The first-order valence-corrected chi connectivity index (χ1v) is 15.7. The fraction of sp³-hybridized carbons (Fsp3) is 0.186. The predicted molar refractivity (Wildman–Crippen MR) is 189 cm³/mol. The van der Waals surface area contributed by atoms with Crippen LogP contribution in [0.4, 0.5) is 0 Å². The van der Waals surface area contributed by atoms with Crippen LogP contribution in [0.2, 0.25) is 0 Å². The number of hydrogen-bond acceptors (Lipinski definition) is 1. The van der Waals surface area contributed by atoms with Crippen molar-refractivity contribution in [2.45, 2.75) is 52.4 Å². The summed E-state index contributed by atoms with van der Waals surface area (Å²) >= 11 is 0. The first-order valence-electron chi connectivity index (χ1n) is 15.7. The molecule has 0 radical (unpaired) electrons. The first kappa shape index (κ1) is 31.8. The van der Waals surface area contributed by atoms with Gasteiger partial charge in [-0.25, -0.2) is 5.56 Å². The molecule has 2 nitrogen and oxygen atoms in total. The van der Waals surface area contributed by atoms with Crippen LogP contribution in [-0.4, -0.2) is 4.98 Å². The molecule has 0 saturated carbocycles. The molecule has 0 N–H and O–H groups in total. The largest absolute Gasteiger partial charge is 3.00 e. The summed E-state index contributed by atoms with van der Waals surface area (Å²) in [6, 6.07) is 48.1. The number of benzene rings is 5. The van der Waals surface area contributed by atoms with Crippen molar-refractivity contribution in [3.8, 4) is 44.8 Å². The summed E-state index contributed by atoms with van der Waals surface area (Å²) in [5.41, 5.74) is 12.8. The van der Waals surface area contributed by atoms with Gasteiger partial charge in [-0.1, -0.05) is 126 Å². The van der Waals surface area contributed by atoms with Gasteiger partial charge in [0.15, 0.2) is 0 Å². The van der Waals surface area contributed by atoms with Crippen LogP contribution in [0.25, 0.3) is 66.6 Å². The Morgan fingerprint density at radius 3 is 1.93 bits per heavy atom. The van der Waals surface area contributed by atoms with Crippen molar-refractivity contribution in [2.75, 3.05) is 0 Å². The van der Waals surface area contributed by atoms with Crippen molar-refractivity contribution < 1.29 is 22.4 Å². The molecule has 0 aliphatic rings.